The summed E-state index contributed by atoms with van der Waals surface area (Å²) in [7, 11) is 1.33. The van der Waals surface area contributed by atoms with E-state index < -0.39 is 12.2 Å². The fourth-order valence-electron chi connectivity index (χ4n) is 3.16. The second-order valence-corrected chi connectivity index (χ2v) is 6.56. The molecule has 0 radical (unpaired) electrons. The molecule has 0 spiro atoms. The highest BCUT2D eigenvalue weighted by atomic mass is 19.3. The van der Waals surface area contributed by atoms with Crippen molar-refractivity contribution in [2.75, 3.05) is 7.11 Å². The fraction of sp³-hybridized carbons (Fsp3) is 0.174. The van der Waals surface area contributed by atoms with E-state index in [-0.39, 0.29) is 23.0 Å². The van der Waals surface area contributed by atoms with Crippen molar-refractivity contribution >= 4 is 5.91 Å². The minimum atomic E-state index is -2.98. The Balaban J connectivity index is 1.96. The normalized spacial score (nSPS) is 11.2. The van der Waals surface area contributed by atoms with Crippen LogP contribution in [0.3, 0.4) is 0 Å². The van der Waals surface area contributed by atoms with Crippen LogP contribution < -0.4 is 14.8 Å². The van der Waals surface area contributed by atoms with Crippen LogP contribution in [0.1, 0.15) is 28.4 Å². The molecular weight excluding hydrogens is 376 g/mol. The summed E-state index contributed by atoms with van der Waals surface area (Å²) in [5, 5.41) is 3.07. The number of rotatable bonds is 7. The van der Waals surface area contributed by atoms with Crippen LogP contribution in [0.25, 0.3) is 0 Å². The fourth-order valence-corrected chi connectivity index (χ4v) is 3.16. The van der Waals surface area contributed by atoms with Gasteiger partial charge in [0.15, 0.2) is 11.5 Å². The molecule has 3 rings (SSSR count). The Kier molecular flexibility index (Phi) is 6.12. The van der Waals surface area contributed by atoms with Gasteiger partial charge in [-0.05, 0) is 36.2 Å². The average Bonchev–Trinajstić information content (AvgIpc) is 2.74. The zero-order valence-corrected chi connectivity index (χ0v) is 16.1. The van der Waals surface area contributed by atoms with Crippen LogP contribution in [-0.2, 0) is 5.54 Å². The lowest BCUT2D eigenvalue weighted by molar-refractivity contribution is -0.0512. The molecule has 1 amide bonds. The lowest BCUT2D eigenvalue weighted by atomic mass is 9.84. The summed E-state index contributed by atoms with van der Waals surface area (Å²) in [4.78, 5) is 13.1. The van der Waals surface area contributed by atoms with Crippen molar-refractivity contribution in [1.29, 1.82) is 0 Å². The number of hydrogen-bond acceptors (Lipinski definition) is 3. The molecule has 0 heterocycles. The summed E-state index contributed by atoms with van der Waals surface area (Å²) in [6.45, 7) is -1.07. The second kappa shape index (κ2) is 8.73. The Morgan fingerprint density at radius 1 is 0.897 bits per heavy atom. The molecule has 0 aliphatic carbocycles. The van der Waals surface area contributed by atoms with E-state index in [0.29, 0.717) is 0 Å². The number of methoxy groups -OCH3 is 1. The summed E-state index contributed by atoms with van der Waals surface area (Å²) in [5.74, 6) is -0.450. The summed E-state index contributed by atoms with van der Waals surface area (Å²) >= 11 is 0. The van der Waals surface area contributed by atoms with Gasteiger partial charge in [0.05, 0.1) is 12.6 Å². The SMILES string of the molecule is COc1cc(C(=O)NC(C)(c2ccccc2)c2ccccc2)ccc1OC(F)F. The van der Waals surface area contributed by atoms with Gasteiger partial charge in [-0.3, -0.25) is 4.79 Å². The van der Waals surface area contributed by atoms with E-state index in [1.807, 2.05) is 67.6 Å². The van der Waals surface area contributed by atoms with E-state index in [2.05, 4.69) is 10.1 Å². The molecule has 0 bridgehead atoms. The molecule has 6 heteroatoms. The maximum atomic E-state index is 13.1. The predicted octanol–water partition coefficient (Wildman–Crippen LogP) is 4.99. The molecule has 3 aromatic carbocycles. The van der Waals surface area contributed by atoms with Crippen LogP contribution in [0.4, 0.5) is 8.78 Å². The molecule has 0 aliphatic heterocycles. The average molecular weight is 397 g/mol. The molecule has 0 aliphatic rings. The molecule has 0 saturated carbocycles. The Labute approximate surface area is 168 Å². The number of carbonyl (C=O) groups excluding carboxylic acids is 1. The Bertz CT molecular complexity index is 923. The van der Waals surface area contributed by atoms with Crippen LogP contribution in [0.15, 0.2) is 78.9 Å². The number of ether oxygens (including phenoxy) is 2. The van der Waals surface area contributed by atoms with Gasteiger partial charge in [0, 0.05) is 5.56 Å². The van der Waals surface area contributed by atoms with Crippen molar-refractivity contribution in [3.05, 3.63) is 95.6 Å². The monoisotopic (exact) mass is 397 g/mol. The highest BCUT2D eigenvalue weighted by Crippen LogP contribution is 2.32. The number of carbonyl (C=O) groups is 1. The third-order valence-corrected chi connectivity index (χ3v) is 4.71. The maximum Gasteiger partial charge on any atom is 0.387 e. The van der Waals surface area contributed by atoms with Crippen LogP contribution in [0.5, 0.6) is 11.5 Å². The summed E-state index contributed by atoms with van der Waals surface area (Å²) in [5.41, 5.74) is 1.28. The van der Waals surface area contributed by atoms with E-state index in [1.165, 1.54) is 25.3 Å². The molecule has 0 unspecified atom stereocenters. The molecule has 0 aromatic heterocycles. The van der Waals surface area contributed by atoms with Crippen LogP contribution in [0.2, 0.25) is 0 Å². The van der Waals surface area contributed by atoms with Crippen molar-refractivity contribution in [2.24, 2.45) is 0 Å². The highest BCUT2D eigenvalue weighted by Gasteiger charge is 2.31. The molecular formula is C23H21F2NO3. The zero-order chi connectivity index (χ0) is 20.9. The van der Waals surface area contributed by atoms with E-state index in [0.717, 1.165) is 11.1 Å². The van der Waals surface area contributed by atoms with Gasteiger partial charge in [0.25, 0.3) is 5.91 Å². The van der Waals surface area contributed by atoms with E-state index in [1.54, 1.807) is 0 Å². The molecule has 0 fully saturated rings. The minimum absolute atomic E-state index is 0.0547. The van der Waals surface area contributed by atoms with Gasteiger partial charge >= 0.3 is 6.61 Å². The first-order valence-corrected chi connectivity index (χ1v) is 9.00. The lowest BCUT2D eigenvalue weighted by Crippen LogP contribution is -2.44. The van der Waals surface area contributed by atoms with Gasteiger partial charge in [-0.1, -0.05) is 60.7 Å². The van der Waals surface area contributed by atoms with Crippen molar-refractivity contribution in [2.45, 2.75) is 19.1 Å². The summed E-state index contributed by atoms with van der Waals surface area (Å²) in [6.07, 6.45) is 0. The molecule has 3 aromatic rings. The van der Waals surface area contributed by atoms with Crippen LogP contribution >= 0.6 is 0 Å². The topological polar surface area (TPSA) is 47.6 Å². The van der Waals surface area contributed by atoms with E-state index >= 15 is 0 Å². The number of hydrogen-bond donors (Lipinski definition) is 1. The molecule has 1 N–H and O–H groups in total. The van der Waals surface area contributed by atoms with Gasteiger partial charge in [0.2, 0.25) is 0 Å². The smallest absolute Gasteiger partial charge is 0.387 e. The quantitative estimate of drug-likeness (QED) is 0.611. The van der Waals surface area contributed by atoms with Gasteiger partial charge in [-0.2, -0.15) is 8.78 Å². The third kappa shape index (κ3) is 4.54. The van der Waals surface area contributed by atoms with Crippen LogP contribution in [-0.4, -0.2) is 19.6 Å². The minimum Gasteiger partial charge on any atom is -0.493 e. The number of benzene rings is 3. The number of halogens is 2. The molecule has 0 saturated heterocycles. The van der Waals surface area contributed by atoms with Crippen molar-refractivity contribution in [3.63, 3.8) is 0 Å². The number of alkyl halides is 2. The molecule has 0 atom stereocenters. The number of amides is 1. The predicted molar refractivity (Wildman–Crippen MR) is 106 cm³/mol. The summed E-state index contributed by atoms with van der Waals surface area (Å²) < 4.78 is 34.6. The molecule has 4 nitrogen and oxygen atoms in total. The van der Waals surface area contributed by atoms with Gasteiger partial charge < -0.3 is 14.8 Å². The Morgan fingerprint density at radius 3 is 1.93 bits per heavy atom. The largest absolute Gasteiger partial charge is 0.493 e. The summed E-state index contributed by atoms with van der Waals surface area (Å²) in [6, 6.07) is 23.3. The molecule has 29 heavy (non-hydrogen) atoms. The first-order valence-electron chi connectivity index (χ1n) is 9.00. The second-order valence-electron chi connectivity index (χ2n) is 6.56. The van der Waals surface area contributed by atoms with Gasteiger partial charge in [-0.15, -0.1) is 0 Å². The van der Waals surface area contributed by atoms with Crippen LogP contribution in [0, 0.1) is 0 Å². The first kappa shape index (κ1) is 20.3. The lowest BCUT2D eigenvalue weighted by Gasteiger charge is -2.32. The standard InChI is InChI=1S/C23H21F2NO3/c1-23(17-9-5-3-6-10-17,18-11-7-4-8-12-18)26-21(27)16-13-14-19(29-22(24)25)20(15-16)28-2/h3-15,22H,1-2H3,(H,26,27). The Hall–Kier alpha value is -3.41. The van der Waals surface area contributed by atoms with Gasteiger partial charge in [0.1, 0.15) is 0 Å². The highest BCUT2D eigenvalue weighted by molar-refractivity contribution is 5.95. The van der Waals surface area contributed by atoms with Crippen molar-refractivity contribution < 1.29 is 23.0 Å². The van der Waals surface area contributed by atoms with Crippen molar-refractivity contribution in [1.82, 2.24) is 5.32 Å². The van der Waals surface area contributed by atoms with Crippen molar-refractivity contribution in [3.8, 4) is 11.5 Å². The maximum absolute atomic E-state index is 13.1. The molecule has 150 valence electrons. The number of nitrogens with one attached hydrogen (secondary N) is 1. The third-order valence-electron chi connectivity index (χ3n) is 4.71. The van der Waals surface area contributed by atoms with Gasteiger partial charge in [-0.25, -0.2) is 0 Å². The van der Waals surface area contributed by atoms with E-state index in [9.17, 15) is 13.6 Å². The Morgan fingerprint density at radius 2 is 1.45 bits per heavy atom. The zero-order valence-electron chi connectivity index (χ0n) is 16.1. The first-order chi connectivity index (χ1) is 13.9. The van der Waals surface area contributed by atoms with E-state index in [4.69, 9.17) is 4.74 Å².